The molecule has 1 heterocycles. The molecule has 1 aromatic heterocycles. The highest BCUT2D eigenvalue weighted by Crippen LogP contribution is 1.93. The minimum atomic E-state index is -1.33. The van der Waals surface area contributed by atoms with E-state index in [1.807, 2.05) is 0 Å². The van der Waals surface area contributed by atoms with Gasteiger partial charge >= 0.3 is 12.0 Å². The standard InChI is InChI=1S/C10H15N5O4/c11-8(16)3-7(9(17)18)15-10(19)13-2-1-6-4-12-5-14-6/h4-5,7H,1-3H2,(H2,11,16)(H,12,14)(H,17,18)(H2,13,15,19). The van der Waals surface area contributed by atoms with Crippen molar-refractivity contribution in [2.45, 2.75) is 18.9 Å². The summed E-state index contributed by atoms with van der Waals surface area (Å²) in [5, 5.41) is 13.4. The van der Waals surface area contributed by atoms with E-state index in [1.54, 1.807) is 6.20 Å². The number of nitrogens with zero attached hydrogens (tertiary/aromatic N) is 1. The van der Waals surface area contributed by atoms with Crippen LogP contribution in [0.4, 0.5) is 4.79 Å². The molecule has 104 valence electrons. The summed E-state index contributed by atoms with van der Waals surface area (Å²) >= 11 is 0. The molecule has 0 fully saturated rings. The van der Waals surface area contributed by atoms with Gasteiger partial charge in [0, 0.05) is 24.9 Å². The highest BCUT2D eigenvalue weighted by molar-refractivity contribution is 5.87. The first-order valence-corrected chi connectivity index (χ1v) is 5.51. The van der Waals surface area contributed by atoms with Crippen LogP contribution in [0.5, 0.6) is 0 Å². The van der Waals surface area contributed by atoms with Crippen molar-refractivity contribution >= 4 is 17.9 Å². The fourth-order valence-electron chi connectivity index (χ4n) is 1.34. The topological polar surface area (TPSA) is 150 Å². The van der Waals surface area contributed by atoms with Gasteiger partial charge in [-0.05, 0) is 0 Å². The molecule has 1 aromatic rings. The summed E-state index contributed by atoms with van der Waals surface area (Å²) in [5.74, 6) is -2.12. The Labute approximate surface area is 108 Å². The molecule has 0 aliphatic rings. The van der Waals surface area contributed by atoms with E-state index >= 15 is 0 Å². The van der Waals surface area contributed by atoms with Gasteiger partial charge in [0.2, 0.25) is 5.91 Å². The second-order valence-corrected chi connectivity index (χ2v) is 3.79. The summed E-state index contributed by atoms with van der Waals surface area (Å²) in [6.45, 7) is 0.303. The first-order chi connectivity index (χ1) is 8.99. The normalized spacial score (nSPS) is 11.6. The van der Waals surface area contributed by atoms with Gasteiger partial charge in [-0.15, -0.1) is 0 Å². The molecule has 6 N–H and O–H groups in total. The Morgan fingerprint density at radius 3 is 2.74 bits per heavy atom. The Bertz CT molecular complexity index is 445. The van der Waals surface area contributed by atoms with Crippen LogP contribution in [0.3, 0.4) is 0 Å². The van der Waals surface area contributed by atoms with Gasteiger partial charge in [-0.25, -0.2) is 14.6 Å². The molecule has 1 rings (SSSR count). The largest absolute Gasteiger partial charge is 0.480 e. The van der Waals surface area contributed by atoms with Crippen LogP contribution in [-0.4, -0.2) is 45.6 Å². The predicted molar refractivity (Wildman–Crippen MR) is 64.1 cm³/mol. The predicted octanol–water partition coefficient (Wildman–Crippen LogP) is -1.42. The van der Waals surface area contributed by atoms with Gasteiger partial charge in [0.05, 0.1) is 12.7 Å². The smallest absolute Gasteiger partial charge is 0.326 e. The maximum absolute atomic E-state index is 11.4. The maximum Gasteiger partial charge on any atom is 0.326 e. The average molecular weight is 269 g/mol. The van der Waals surface area contributed by atoms with Crippen molar-refractivity contribution in [2.75, 3.05) is 6.54 Å². The monoisotopic (exact) mass is 269 g/mol. The lowest BCUT2D eigenvalue weighted by Crippen LogP contribution is -2.48. The van der Waals surface area contributed by atoms with Crippen LogP contribution in [0.2, 0.25) is 0 Å². The van der Waals surface area contributed by atoms with Crippen LogP contribution in [0.1, 0.15) is 12.1 Å². The third kappa shape index (κ3) is 5.52. The van der Waals surface area contributed by atoms with E-state index in [9.17, 15) is 14.4 Å². The molecule has 0 bridgehead atoms. The third-order valence-corrected chi connectivity index (χ3v) is 2.24. The van der Waals surface area contributed by atoms with E-state index in [1.165, 1.54) is 6.33 Å². The number of carboxylic acids is 1. The summed E-state index contributed by atoms with van der Waals surface area (Å²) in [6, 6.07) is -2.00. The minimum Gasteiger partial charge on any atom is -0.480 e. The molecule has 0 aliphatic heterocycles. The van der Waals surface area contributed by atoms with E-state index in [-0.39, 0.29) is 0 Å². The number of aromatic amines is 1. The number of imidazole rings is 1. The van der Waals surface area contributed by atoms with Gasteiger partial charge in [0.25, 0.3) is 0 Å². The molecule has 9 heteroatoms. The molecule has 19 heavy (non-hydrogen) atoms. The number of amides is 3. The van der Waals surface area contributed by atoms with Crippen molar-refractivity contribution < 1.29 is 19.5 Å². The summed E-state index contributed by atoms with van der Waals surface area (Å²) in [6.07, 6.45) is 3.21. The molecule has 3 amide bonds. The summed E-state index contributed by atoms with van der Waals surface area (Å²) in [4.78, 5) is 39.5. The van der Waals surface area contributed by atoms with Crippen molar-refractivity contribution in [1.29, 1.82) is 0 Å². The lowest BCUT2D eigenvalue weighted by atomic mass is 10.2. The number of hydrogen-bond acceptors (Lipinski definition) is 4. The molecule has 0 saturated heterocycles. The van der Waals surface area contributed by atoms with E-state index in [0.29, 0.717) is 13.0 Å². The molecule has 1 unspecified atom stereocenters. The molecule has 0 spiro atoms. The number of aliphatic carboxylic acids is 1. The van der Waals surface area contributed by atoms with Crippen LogP contribution in [0.25, 0.3) is 0 Å². The fourth-order valence-corrected chi connectivity index (χ4v) is 1.34. The Morgan fingerprint density at radius 1 is 1.47 bits per heavy atom. The van der Waals surface area contributed by atoms with E-state index in [0.717, 1.165) is 5.69 Å². The molecule has 9 nitrogen and oxygen atoms in total. The number of urea groups is 1. The highest BCUT2D eigenvalue weighted by Gasteiger charge is 2.21. The number of carbonyl (C=O) groups excluding carboxylic acids is 2. The Balaban J connectivity index is 2.32. The molecule has 1 atom stereocenters. The van der Waals surface area contributed by atoms with E-state index < -0.39 is 30.4 Å². The molecule has 0 aromatic carbocycles. The van der Waals surface area contributed by atoms with Crippen molar-refractivity contribution in [3.63, 3.8) is 0 Å². The van der Waals surface area contributed by atoms with Crippen LogP contribution in [0.15, 0.2) is 12.5 Å². The summed E-state index contributed by atoms with van der Waals surface area (Å²) in [7, 11) is 0. The Morgan fingerprint density at radius 2 is 2.21 bits per heavy atom. The minimum absolute atomic E-state index is 0.303. The third-order valence-electron chi connectivity index (χ3n) is 2.24. The average Bonchev–Trinajstić information content (AvgIpc) is 2.80. The SMILES string of the molecule is NC(=O)CC(NC(=O)NCCc1cnc[nH]1)C(=O)O. The van der Waals surface area contributed by atoms with Gasteiger partial charge in [-0.2, -0.15) is 0 Å². The van der Waals surface area contributed by atoms with Crippen LogP contribution >= 0.6 is 0 Å². The lowest BCUT2D eigenvalue weighted by molar-refractivity contribution is -0.140. The number of nitrogens with one attached hydrogen (secondary N) is 3. The number of aromatic nitrogens is 2. The zero-order valence-corrected chi connectivity index (χ0v) is 10.0. The first-order valence-electron chi connectivity index (χ1n) is 5.51. The number of primary amides is 1. The van der Waals surface area contributed by atoms with Gasteiger partial charge in [0.15, 0.2) is 0 Å². The van der Waals surface area contributed by atoms with Crippen molar-refractivity contribution in [1.82, 2.24) is 20.6 Å². The second-order valence-electron chi connectivity index (χ2n) is 3.79. The van der Waals surface area contributed by atoms with E-state index in [2.05, 4.69) is 20.6 Å². The van der Waals surface area contributed by atoms with Crippen molar-refractivity contribution in [3.05, 3.63) is 18.2 Å². The number of hydrogen-bond donors (Lipinski definition) is 5. The van der Waals surface area contributed by atoms with Crippen LogP contribution < -0.4 is 16.4 Å². The van der Waals surface area contributed by atoms with Gasteiger partial charge in [-0.1, -0.05) is 0 Å². The van der Waals surface area contributed by atoms with E-state index in [4.69, 9.17) is 10.8 Å². The molecule has 0 saturated carbocycles. The number of carboxylic acid groups (broad SMARTS) is 1. The summed E-state index contributed by atoms with van der Waals surface area (Å²) < 4.78 is 0. The van der Waals surface area contributed by atoms with Gasteiger partial charge in [0.1, 0.15) is 6.04 Å². The Hall–Kier alpha value is -2.58. The molecule has 0 aliphatic carbocycles. The zero-order chi connectivity index (χ0) is 14.3. The van der Waals surface area contributed by atoms with Crippen LogP contribution in [0, 0.1) is 0 Å². The number of nitrogens with two attached hydrogens (primary N) is 1. The molecular weight excluding hydrogens is 254 g/mol. The quantitative estimate of drug-likeness (QED) is 0.411. The lowest BCUT2D eigenvalue weighted by Gasteiger charge is -2.13. The van der Waals surface area contributed by atoms with Gasteiger partial charge < -0.3 is 26.5 Å². The zero-order valence-electron chi connectivity index (χ0n) is 10.0. The molecular formula is C10H15N5O4. The maximum atomic E-state index is 11.4. The number of H-pyrrole nitrogens is 1. The van der Waals surface area contributed by atoms with Gasteiger partial charge in [-0.3, -0.25) is 4.79 Å². The number of carbonyl (C=O) groups is 3. The fraction of sp³-hybridized carbons (Fsp3) is 0.400. The number of rotatable bonds is 7. The van der Waals surface area contributed by atoms with Crippen molar-refractivity contribution in [2.24, 2.45) is 5.73 Å². The van der Waals surface area contributed by atoms with Crippen molar-refractivity contribution in [3.8, 4) is 0 Å². The molecule has 0 radical (unpaired) electrons. The summed E-state index contributed by atoms with van der Waals surface area (Å²) in [5.41, 5.74) is 5.73. The second kappa shape index (κ2) is 6.99. The highest BCUT2D eigenvalue weighted by atomic mass is 16.4. The Kier molecular flexibility index (Phi) is 5.33. The van der Waals surface area contributed by atoms with Crippen LogP contribution in [-0.2, 0) is 16.0 Å². The first kappa shape index (κ1) is 14.5.